The van der Waals surface area contributed by atoms with Crippen molar-refractivity contribution >= 4 is 11.6 Å². The van der Waals surface area contributed by atoms with E-state index in [1.165, 1.54) is 12.8 Å². The van der Waals surface area contributed by atoms with Crippen molar-refractivity contribution < 1.29 is 14.3 Å². The highest BCUT2D eigenvalue weighted by Crippen LogP contribution is 2.25. The van der Waals surface area contributed by atoms with Gasteiger partial charge >= 0.3 is 0 Å². The van der Waals surface area contributed by atoms with Crippen LogP contribution in [0.5, 0.6) is 11.5 Å². The van der Waals surface area contributed by atoms with Gasteiger partial charge in [-0.3, -0.25) is 4.79 Å². The summed E-state index contributed by atoms with van der Waals surface area (Å²) in [5.74, 6) is 1.38. The third-order valence-corrected chi connectivity index (χ3v) is 4.10. The number of anilines is 1. The maximum atomic E-state index is 12.0. The number of carbonyl (C=O) groups excluding carboxylic acids is 1. The van der Waals surface area contributed by atoms with Crippen molar-refractivity contribution in [3.63, 3.8) is 0 Å². The average molecular weight is 325 g/mol. The van der Waals surface area contributed by atoms with E-state index in [0.717, 1.165) is 29.8 Å². The smallest absolute Gasteiger partial charge is 0.262 e. The van der Waals surface area contributed by atoms with Crippen LogP contribution in [0.2, 0.25) is 0 Å². The van der Waals surface area contributed by atoms with E-state index in [2.05, 4.69) is 5.32 Å². The highest BCUT2D eigenvalue weighted by Gasteiger charge is 2.16. The molecule has 0 bridgehead atoms. The van der Waals surface area contributed by atoms with Crippen molar-refractivity contribution in [1.82, 2.24) is 0 Å². The third-order valence-electron chi connectivity index (χ3n) is 4.10. The van der Waals surface area contributed by atoms with Gasteiger partial charge in [0.2, 0.25) is 0 Å². The summed E-state index contributed by atoms with van der Waals surface area (Å²) in [6.45, 7) is 1.98. The lowest BCUT2D eigenvalue weighted by atomic mass is 10.2. The van der Waals surface area contributed by atoms with E-state index in [9.17, 15) is 4.79 Å². The molecule has 4 heteroatoms. The molecule has 1 aliphatic carbocycles. The van der Waals surface area contributed by atoms with Gasteiger partial charge in [-0.25, -0.2) is 0 Å². The van der Waals surface area contributed by atoms with Crippen LogP contribution in [0.4, 0.5) is 5.69 Å². The van der Waals surface area contributed by atoms with Crippen LogP contribution in [0.25, 0.3) is 0 Å². The topological polar surface area (TPSA) is 47.6 Å². The Morgan fingerprint density at radius 2 is 1.83 bits per heavy atom. The number of ether oxygens (including phenoxy) is 2. The van der Waals surface area contributed by atoms with Gasteiger partial charge in [0, 0.05) is 5.69 Å². The molecular formula is C20H23NO3. The maximum absolute atomic E-state index is 12.0. The molecule has 3 rings (SSSR count). The number of amides is 1. The molecule has 1 saturated carbocycles. The Hall–Kier alpha value is -2.49. The molecule has 1 N–H and O–H groups in total. The van der Waals surface area contributed by atoms with Gasteiger partial charge in [0.25, 0.3) is 5.91 Å². The molecule has 1 aliphatic rings. The second-order valence-corrected chi connectivity index (χ2v) is 6.20. The van der Waals surface area contributed by atoms with Crippen molar-refractivity contribution in [3.8, 4) is 11.5 Å². The summed E-state index contributed by atoms with van der Waals surface area (Å²) in [6.07, 6.45) is 5.11. The van der Waals surface area contributed by atoms with E-state index >= 15 is 0 Å². The highest BCUT2D eigenvalue weighted by molar-refractivity contribution is 5.91. The van der Waals surface area contributed by atoms with Gasteiger partial charge in [0.15, 0.2) is 6.61 Å². The number of rotatable bonds is 6. The van der Waals surface area contributed by atoms with Crippen molar-refractivity contribution in [3.05, 3.63) is 54.1 Å². The predicted molar refractivity (Wildman–Crippen MR) is 94.6 cm³/mol. The lowest BCUT2D eigenvalue weighted by Crippen LogP contribution is -2.20. The molecule has 0 unspecified atom stereocenters. The molecule has 2 aromatic carbocycles. The quantitative estimate of drug-likeness (QED) is 0.860. The number of nitrogens with one attached hydrogen (secondary N) is 1. The number of hydrogen-bond acceptors (Lipinski definition) is 3. The molecule has 0 radical (unpaired) electrons. The Morgan fingerprint density at radius 1 is 1.08 bits per heavy atom. The van der Waals surface area contributed by atoms with Crippen molar-refractivity contribution in [2.45, 2.75) is 38.7 Å². The second kappa shape index (κ2) is 7.86. The van der Waals surface area contributed by atoms with E-state index in [1.54, 1.807) is 0 Å². The summed E-state index contributed by atoms with van der Waals surface area (Å²) in [6, 6.07) is 15.2. The lowest BCUT2D eigenvalue weighted by Gasteiger charge is -2.13. The number of hydrogen-bond donors (Lipinski definition) is 1. The highest BCUT2D eigenvalue weighted by atomic mass is 16.5. The van der Waals surface area contributed by atoms with Gasteiger partial charge in [-0.05, 0) is 74.6 Å². The van der Waals surface area contributed by atoms with Gasteiger partial charge in [-0.15, -0.1) is 0 Å². The largest absolute Gasteiger partial charge is 0.490 e. The summed E-state index contributed by atoms with van der Waals surface area (Å²) in [7, 11) is 0. The Kier molecular flexibility index (Phi) is 5.36. The van der Waals surface area contributed by atoms with Gasteiger partial charge in [0.1, 0.15) is 11.5 Å². The van der Waals surface area contributed by atoms with E-state index in [4.69, 9.17) is 9.47 Å². The van der Waals surface area contributed by atoms with Crippen LogP contribution in [0.1, 0.15) is 31.2 Å². The van der Waals surface area contributed by atoms with Crippen molar-refractivity contribution in [1.29, 1.82) is 0 Å². The Morgan fingerprint density at radius 3 is 2.54 bits per heavy atom. The van der Waals surface area contributed by atoms with Gasteiger partial charge in [-0.2, -0.15) is 0 Å². The van der Waals surface area contributed by atoms with Gasteiger partial charge < -0.3 is 14.8 Å². The third kappa shape index (κ3) is 4.75. The molecule has 0 aromatic heterocycles. The fourth-order valence-electron chi connectivity index (χ4n) is 2.87. The minimum atomic E-state index is -0.180. The molecular weight excluding hydrogens is 302 g/mol. The summed E-state index contributed by atoms with van der Waals surface area (Å²) < 4.78 is 11.4. The number of carbonyl (C=O) groups is 1. The van der Waals surface area contributed by atoms with Gasteiger partial charge in [0.05, 0.1) is 6.10 Å². The first-order chi connectivity index (χ1) is 11.7. The molecule has 4 nitrogen and oxygen atoms in total. The molecule has 2 aromatic rings. The molecule has 0 saturated heterocycles. The van der Waals surface area contributed by atoms with Crippen molar-refractivity contribution in [2.24, 2.45) is 0 Å². The molecule has 0 atom stereocenters. The zero-order valence-electron chi connectivity index (χ0n) is 14.0. The molecule has 0 aliphatic heterocycles. The second-order valence-electron chi connectivity index (χ2n) is 6.20. The fourth-order valence-corrected chi connectivity index (χ4v) is 2.87. The first-order valence-electron chi connectivity index (χ1n) is 8.45. The summed E-state index contributed by atoms with van der Waals surface area (Å²) in [5.41, 5.74) is 1.84. The minimum Gasteiger partial charge on any atom is -0.490 e. The maximum Gasteiger partial charge on any atom is 0.262 e. The summed E-state index contributed by atoms with van der Waals surface area (Å²) >= 11 is 0. The Balaban J connectivity index is 1.47. The number of aryl methyl sites for hydroxylation is 1. The zero-order valence-corrected chi connectivity index (χ0v) is 14.0. The molecule has 0 heterocycles. The first kappa shape index (κ1) is 16.4. The predicted octanol–water partition coefficient (Wildman–Crippen LogP) is 4.33. The summed E-state index contributed by atoms with van der Waals surface area (Å²) in [5, 5.41) is 2.83. The minimum absolute atomic E-state index is 0.0101. The summed E-state index contributed by atoms with van der Waals surface area (Å²) in [4.78, 5) is 12.0. The first-order valence-corrected chi connectivity index (χ1v) is 8.45. The SMILES string of the molecule is Cc1cccc(OCC(=O)Nc2ccc(OC3CCCC3)cc2)c1. The molecule has 126 valence electrons. The standard InChI is InChI=1S/C20H23NO3/c1-15-5-4-8-19(13-15)23-14-20(22)21-16-9-11-18(12-10-16)24-17-6-2-3-7-17/h4-5,8-13,17H,2-3,6-7,14H2,1H3,(H,21,22). The molecule has 0 spiro atoms. The molecule has 1 fully saturated rings. The normalized spacial score (nSPS) is 14.4. The Labute approximate surface area is 142 Å². The van der Waals surface area contributed by atoms with Crippen LogP contribution >= 0.6 is 0 Å². The Bertz CT molecular complexity index is 676. The monoisotopic (exact) mass is 325 g/mol. The van der Waals surface area contributed by atoms with E-state index in [0.29, 0.717) is 11.9 Å². The van der Waals surface area contributed by atoms with Crippen LogP contribution in [0.3, 0.4) is 0 Å². The van der Waals surface area contributed by atoms with Crippen molar-refractivity contribution in [2.75, 3.05) is 11.9 Å². The molecule has 24 heavy (non-hydrogen) atoms. The van der Waals surface area contributed by atoms with Crippen LogP contribution in [0, 0.1) is 6.92 Å². The van der Waals surface area contributed by atoms with Crippen LogP contribution in [0.15, 0.2) is 48.5 Å². The number of benzene rings is 2. The zero-order chi connectivity index (χ0) is 16.8. The van der Waals surface area contributed by atoms with E-state index in [-0.39, 0.29) is 12.5 Å². The molecule has 1 amide bonds. The van der Waals surface area contributed by atoms with Gasteiger partial charge in [-0.1, -0.05) is 12.1 Å². The van der Waals surface area contributed by atoms with Crippen LogP contribution < -0.4 is 14.8 Å². The van der Waals surface area contributed by atoms with E-state index in [1.807, 2.05) is 55.5 Å². The lowest BCUT2D eigenvalue weighted by molar-refractivity contribution is -0.118. The van der Waals surface area contributed by atoms with E-state index < -0.39 is 0 Å². The average Bonchev–Trinajstić information content (AvgIpc) is 3.08. The van der Waals surface area contributed by atoms with Crippen LogP contribution in [-0.4, -0.2) is 18.6 Å². The fraction of sp³-hybridized carbons (Fsp3) is 0.350. The van der Waals surface area contributed by atoms with Crippen LogP contribution in [-0.2, 0) is 4.79 Å².